The summed E-state index contributed by atoms with van der Waals surface area (Å²) in [5, 5.41) is 7.44. The lowest BCUT2D eigenvalue weighted by atomic mass is 10.2. The molecule has 0 atom stereocenters. The lowest BCUT2D eigenvalue weighted by Gasteiger charge is -2.14. The third kappa shape index (κ3) is 3.50. The highest BCUT2D eigenvalue weighted by Crippen LogP contribution is 2.30. The zero-order valence-electron chi connectivity index (χ0n) is 14.0. The highest BCUT2D eigenvalue weighted by Gasteiger charge is 2.30. The van der Waals surface area contributed by atoms with Gasteiger partial charge in [0, 0.05) is 12.2 Å². The maximum atomic E-state index is 12.6. The lowest BCUT2D eigenvalue weighted by molar-refractivity contribution is -0.137. The monoisotopic (exact) mass is 361 g/mol. The van der Waals surface area contributed by atoms with Crippen LogP contribution in [0.3, 0.4) is 0 Å². The number of hydrogen-bond acceptors (Lipinski definition) is 4. The number of alkyl halides is 3. The van der Waals surface area contributed by atoms with Gasteiger partial charge in [-0.25, -0.2) is 4.52 Å². The van der Waals surface area contributed by atoms with E-state index in [1.165, 1.54) is 25.0 Å². The van der Waals surface area contributed by atoms with Crippen LogP contribution in [0.25, 0.3) is 5.65 Å². The van der Waals surface area contributed by atoms with Crippen molar-refractivity contribution < 1.29 is 13.2 Å². The molecule has 3 heterocycles. The molecule has 1 aliphatic rings. The van der Waals surface area contributed by atoms with Gasteiger partial charge in [0.1, 0.15) is 0 Å². The summed E-state index contributed by atoms with van der Waals surface area (Å²) in [4.78, 5) is 6.79. The highest BCUT2D eigenvalue weighted by atomic mass is 19.4. The molecule has 1 N–H and O–H groups in total. The zero-order valence-corrected chi connectivity index (χ0v) is 14.0. The number of nitrogens with one attached hydrogen (secondary N) is 1. The standard InChI is InChI=1S/C18H18F3N5/c19-18(20,21)13-6-8-14(9-7-13)22-17-23-16-5-3-4-15(26(16)24-17)12-25-10-1-2-11-25/h3-9H,1-2,10-12H2,(H,22,24). The van der Waals surface area contributed by atoms with E-state index >= 15 is 0 Å². The van der Waals surface area contributed by atoms with Crippen molar-refractivity contribution in [2.45, 2.75) is 25.6 Å². The molecule has 1 aliphatic heterocycles. The van der Waals surface area contributed by atoms with Gasteiger partial charge in [-0.05, 0) is 62.3 Å². The van der Waals surface area contributed by atoms with Crippen molar-refractivity contribution >= 4 is 17.3 Å². The molecule has 0 saturated carbocycles. The second kappa shape index (κ2) is 6.60. The van der Waals surface area contributed by atoms with Crippen LogP contribution in [-0.2, 0) is 12.7 Å². The molecule has 136 valence electrons. The molecule has 3 aromatic rings. The third-order valence-electron chi connectivity index (χ3n) is 4.49. The SMILES string of the molecule is FC(F)(F)c1ccc(Nc2nc3cccc(CN4CCCC4)n3n2)cc1. The van der Waals surface area contributed by atoms with Crippen molar-refractivity contribution in [3.8, 4) is 0 Å². The second-order valence-electron chi connectivity index (χ2n) is 6.41. The first-order chi connectivity index (χ1) is 12.5. The molecule has 0 radical (unpaired) electrons. The van der Waals surface area contributed by atoms with E-state index in [-0.39, 0.29) is 0 Å². The van der Waals surface area contributed by atoms with Gasteiger partial charge in [0.25, 0.3) is 0 Å². The molecule has 26 heavy (non-hydrogen) atoms. The van der Waals surface area contributed by atoms with Gasteiger partial charge in [-0.15, -0.1) is 5.10 Å². The lowest BCUT2D eigenvalue weighted by Crippen LogP contribution is -2.20. The molecule has 1 aromatic carbocycles. The van der Waals surface area contributed by atoms with Gasteiger partial charge in [-0.1, -0.05) is 6.07 Å². The number of halogens is 3. The van der Waals surface area contributed by atoms with Crippen LogP contribution >= 0.6 is 0 Å². The van der Waals surface area contributed by atoms with Crippen LogP contribution in [-0.4, -0.2) is 32.6 Å². The van der Waals surface area contributed by atoms with Crippen LogP contribution in [0.15, 0.2) is 42.5 Å². The minimum atomic E-state index is -4.34. The molecule has 0 spiro atoms. The molecule has 8 heteroatoms. The average Bonchev–Trinajstić information content (AvgIpc) is 3.24. The minimum absolute atomic E-state index is 0.360. The van der Waals surface area contributed by atoms with E-state index in [9.17, 15) is 13.2 Å². The Morgan fingerprint density at radius 3 is 2.42 bits per heavy atom. The fourth-order valence-electron chi connectivity index (χ4n) is 3.17. The quantitative estimate of drug-likeness (QED) is 0.760. The summed E-state index contributed by atoms with van der Waals surface area (Å²) in [6, 6.07) is 10.6. The topological polar surface area (TPSA) is 45.5 Å². The minimum Gasteiger partial charge on any atom is -0.323 e. The molecule has 0 aliphatic carbocycles. The highest BCUT2D eigenvalue weighted by molar-refractivity contribution is 5.56. The van der Waals surface area contributed by atoms with E-state index in [2.05, 4.69) is 20.3 Å². The molecule has 1 saturated heterocycles. The van der Waals surface area contributed by atoms with Crippen molar-refractivity contribution in [1.82, 2.24) is 19.5 Å². The fourth-order valence-corrected chi connectivity index (χ4v) is 3.17. The summed E-state index contributed by atoms with van der Waals surface area (Å²) in [7, 11) is 0. The van der Waals surface area contributed by atoms with Gasteiger partial charge in [0.2, 0.25) is 5.95 Å². The zero-order chi connectivity index (χ0) is 18.1. The summed E-state index contributed by atoms with van der Waals surface area (Å²) < 4.78 is 39.7. The molecular weight excluding hydrogens is 343 g/mol. The molecule has 5 nitrogen and oxygen atoms in total. The first kappa shape index (κ1) is 16.8. The van der Waals surface area contributed by atoms with Crippen LogP contribution in [0.1, 0.15) is 24.1 Å². The Hall–Kier alpha value is -2.61. The molecule has 0 unspecified atom stereocenters. The van der Waals surface area contributed by atoms with E-state index in [4.69, 9.17) is 0 Å². The number of fused-ring (bicyclic) bond motifs is 1. The molecule has 1 fully saturated rings. The van der Waals surface area contributed by atoms with Crippen LogP contribution in [0.2, 0.25) is 0 Å². The van der Waals surface area contributed by atoms with Gasteiger partial charge < -0.3 is 5.32 Å². The maximum absolute atomic E-state index is 12.6. The molecule has 4 rings (SSSR count). The largest absolute Gasteiger partial charge is 0.416 e. The summed E-state index contributed by atoms with van der Waals surface area (Å²) in [6.07, 6.45) is -1.91. The Balaban J connectivity index is 1.55. The smallest absolute Gasteiger partial charge is 0.323 e. The number of anilines is 2. The molecule has 0 bridgehead atoms. The Labute approximate surface area is 148 Å². The molecule has 2 aromatic heterocycles. The van der Waals surface area contributed by atoms with Crippen molar-refractivity contribution in [3.63, 3.8) is 0 Å². The van der Waals surface area contributed by atoms with Gasteiger partial charge >= 0.3 is 6.18 Å². The fraction of sp³-hybridized carbons (Fsp3) is 0.333. The number of likely N-dealkylation sites (tertiary alicyclic amines) is 1. The van der Waals surface area contributed by atoms with E-state index in [1.807, 2.05) is 18.2 Å². The number of nitrogens with zero attached hydrogens (tertiary/aromatic N) is 4. The van der Waals surface area contributed by atoms with Gasteiger partial charge in [0.05, 0.1) is 11.3 Å². The third-order valence-corrected chi connectivity index (χ3v) is 4.49. The van der Waals surface area contributed by atoms with Gasteiger partial charge in [-0.3, -0.25) is 4.90 Å². The van der Waals surface area contributed by atoms with Crippen molar-refractivity contribution in [3.05, 3.63) is 53.7 Å². The summed E-state index contributed by atoms with van der Waals surface area (Å²) in [5.41, 5.74) is 1.57. The van der Waals surface area contributed by atoms with Gasteiger partial charge in [0.15, 0.2) is 5.65 Å². The van der Waals surface area contributed by atoms with E-state index in [0.717, 1.165) is 37.5 Å². The van der Waals surface area contributed by atoms with Crippen LogP contribution < -0.4 is 5.32 Å². The molecule has 0 amide bonds. The summed E-state index contributed by atoms with van der Waals surface area (Å²) in [5.74, 6) is 0.360. The Kier molecular flexibility index (Phi) is 4.28. The van der Waals surface area contributed by atoms with Crippen molar-refractivity contribution in [2.24, 2.45) is 0 Å². The number of pyridine rings is 1. The average molecular weight is 361 g/mol. The maximum Gasteiger partial charge on any atom is 0.416 e. The van der Waals surface area contributed by atoms with E-state index in [0.29, 0.717) is 17.3 Å². The number of rotatable bonds is 4. The predicted molar refractivity (Wildman–Crippen MR) is 92.2 cm³/mol. The van der Waals surface area contributed by atoms with Crippen molar-refractivity contribution in [1.29, 1.82) is 0 Å². The Morgan fingerprint density at radius 1 is 1.00 bits per heavy atom. The first-order valence-electron chi connectivity index (χ1n) is 8.50. The Morgan fingerprint density at radius 2 is 1.73 bits per heavy atom. The normalized spacial score (nSPS) is 15.7. The Bertz CT molecular complexity index is 895. The first-order valence-corrected chi connectivity index (χ1v) is 8.50. The number of hydrogen-bond donors (Lipinski definition) is 1. The van der Waals surface area contributed by atoms with E-state index < -0.39 is 11.7 Å². The van der Waals surface area contributed by atoms with Crippen LogP contribution in [0, 0.1) is 0 Å². The summed E-state index contributed by atoms with van der Waals surface area (Å²) >= 11 is 0. The summed E-state index contributed by atoms with van der Waals surface area (Å²) in [6.45, 7) is 2.98. The van der Waals surface area contributed by atoms with Crippen LogP contribution in [0.5, 0.6) is 0 Å². The number of benzene rings is 1. The number of aromatic nitrogens is 3. The van der Waals surface area contributed by atoms with E-state index in [1.54, 1.807) is 4.52 Å². The predicted octanol–water partition coefficient (Wildman–Crippen LogP) is 4.09. The second-order valence-corrected chi connectivity index (χ2v) is 6.41. The molecular formula is C18H18F3N5. The van der Waals surface area contributed by atoms with Crippen molar-refractivity contribution in [2.75, 3.05) is 18.4 Å². The van der Waals surface area contributed by atoms with Gasteiger partial charge in [-0.2, -0.15) is 18.2 Å². The van der Waals surface area contributed by atoms with Crippen LogP contribution in [0.4, 0.5) is 24.8 Å².